The Morgan fingerprint density at radius 1 is 1.29 bits per heavy atom. The van der Waals surface area contributed by atoms with Gasteiger partial charge >= 0.3 is 5.97 Å². The first-order valence-electron chi connectivity index (χ1n) is 7.42. The van der Waals surface area contributed by atoms with Crippen LogP contribution in [-0.2, 0) is 4.79 Å². The van der Waals surface area contributed by atoms with Crippen molar-refractivity contribution in [2.24, 2.45) is 5.92 Å². The summed E-state index contributed by atoms with van der Waals surface area (Å²) in [6.07, 6.45) is 4.00. The third-order valence-corrected chi connectivity index (χ3v) is 4.22. The van der Waals surface area contributed by atoms with Crippen molar-refractivity contribution < 1.29 is 19.4 Å². The lowest BCUT2D eigenvalue weighted by atomic mass is 9.94. The predicted molar refractivity (Wildman–Crippen MR) is 77.7 cm³/mol. The Morgan fingerprint density at radius 3 is 2.48 bits per heavy atom. The molecule has 0 saturated heterocycles. The van der Waals surface area contributed by atoms with Crippen LogP contribution in [0, 0.1) is 5.92 Å². The maximum absolute atomic E-state index is 11.9. The molecule has 5 nitrogen and oxygen atoms in total. The monoisotopic (exact) mass is 291 g/mol. The molecule has 0 aliphatic heterocycles. The van der Waals surface area contributed by atoms with E-state index < -0.39 is 11.5 Å². The molecule has 0 amide bonds. The predicted octanol–water partition coefficient (Wildman–Crippen LogP) is 2.06. The summed E-state index contributed by atoms with van der Waals surface area (Å²) in [6, 6.07) is 7.65. The molecule has 2 fully saturated rings. The lowest BCUT2D eigenvalue weighted by molar-refractivity contribution is -0.147. The van der Waals surface area contributed by atoms with Crippen molar-refractivity contribution in [1.82, 2.24) is 5.32 Å². The van der Waals surface area contributed by atoms with E-state index in [1.807, 2.05) is 18.2 Å². The van der Waals surface area contributed by atoms with Gasteiger partial charge in [-0.1, -0.05) is 12.1 Å². The van der Waals surface area contributed by atoms with E-state index >= 15 is 0 Å². The number of methoxy groups -OCH3 is 1. The van der Waals surface area contributed by atoms with E-state index in [1.54, 1.807) is 13.2 Å². The van der Waals surface area contributed by atoms with Crippen LogP contribution in [0.1, 0.15) is 25.7 Å². The molecule has 1 atom stereocenters. The number of para-hydroxylation sites is 2. The molecular weight excluding hydrogens is 270 g/mol. The lowest BCUT2D eigenvalue weighted by Gasteiger charge is -2.31. The summed E-state index contributed by atoms with van der Waals surface area (Å²) in [7, 11) is 1.58. The number of carboxylic acid groups (broad SMARTS) is 1. The van der Waals surface area contributed by atoms with Gasteiger partial charge in [0.15, 0.2) is 17.0 Å². The zero-order valence-corrected chi connectivity index (χ0v) is 12.2. The average molecular weight is 291 g/mol. The van der Waals surface area contributed by atoms with Crippen LogP contribution < -0.4 is 14.8 Å². The molecule has 2 aliphatic carbocycles. The molecule has 0 aromatic heterocycles. The van der Waals surface area contributed by atoms with E-state index in [2.05, 4.69) is 5.32 Å². The summed E-state index contributed by atoms with van der Waals surface area (Å²) in [6.45, 7) is 0.129. The van der Waals surface area contributed by atoms with Crippen molar-refractivity contribution in [3.05, 3.63) is 24.3 Å². The van der Waals surface area contributed by atoms with Crippen LogP contribution in [0.4, 0.5) is 0 Å². The first kappa shape index (κ1) is 14.2. The molecule has 5 heteroatoms. The Bertz CT molecular complexity index is 525. The second kappa shape index (κ2) is 5.56. The number of rotatable bonds is 8. The van der Waals surface area contributed by atoms with E-state index in [-0.39, 0.29) is 12.5 Å². The number of nitrogens with one attached hydrogen (secondary N) is 1. The third kappa shape index (κ3) is 2.97. The molecule has 0 radical (unpaired) electrons. The molecule has 1 aromatic carbocycles. The van der Waals surface area contributed by atoms with E-state index in [0.717, 1.165) is 25.7 Å². The van der Waals surface area contributed by atoms with Gasteiger partial charge in [-0.3, -0.25) is 10.1 Å². The molecule has 1 unspecified atom stereocenters. The van der Waals surface area contributed by atoms with Crippen molar-refractivity contribution in [3.8, 4) is 11.5 Å². The molecular formula is C16H21NO4. The molecule has 21 heavy (non-hydrogen) atoms. The highest BCUT2D eigenvalue weighted by Crippen LogP contribution is 2.42. The van der Waals surface area contributed by atoms with Gasteiger partial charge in [-0.2, -0.15) is 0 Å². The van der Waals surface area contributed by atoms with E-state index in [0.29, 0.717) is 17.5 Å². The maximum Gasteiger partial charge on any atom is 0.327 e. The van der Waals surface area contributed by atoms with Crippen molar-refractivity contribution in [3.63, 3.8) is 0 Å². The summed E-state index contributed by atoms with van der Waals surface area (Å²) in [5.41, 5.74) is -0.970. The van der Waals surface area contributed by atoms with Gasteiger partial charge in [0.2, 0.25) is 0 Å². The lowest BCUT2D eigenvalue weighted by Crippen LogP contribution is -2.59. The highest BCUT2D eigenvalue weighted by Gasteiger charge is 2.54. The smallest absolute Gasteiger partial charge is 0.327 e. The fraction of sp³-hybridized carbons (Fsp3) is 0.562. The van der Waals surface area contributed by atoms with Crippen LogP contribution in [0.3, 0.4) is 0 Å². The quantitative estimate of drug-likeness (QED) is 0.767. The molecule has 0 heterocycles. The van der Waals surface area contributed by atoms with E-state index in [1.165, 1.54) is 0 Å². The van der Waals surface area contributed by atoms with Gasteiger partial charge in [0, 0.05) is 6.04 Å². The minimum absolute atomic E-state index is 0.129. The van der Waals surface area contributed by atoms with Gasteiger partial charge in [0.05, 0.1) is 7.11 Å². The summed E-state index contributed by atoms with van der Waals surface area (Å²) in [5.74, 6) is 0.556. The van der Waals surface area contributed by atoms with Crippen LogP contribution in [0.2, 0.25) is 0 Å². The number of aliphatic carboxylic acids is 1. The first-order chi connectivity index (χ1) is 10.2. The Hall–Kier alpha value is -1.75. The summed E-state index contributed by atoms with van der Waals surface area (Å²) < 4.78 is 11.1. The van der Waals surface area contributed by atoms with E-state index in [4.69, 9.17) is 9.47 Å². The van der Waals surface area contributed by atoms with Gasteiger partial charge in [-0.15, -0.1) is 0 Å². The normalized spacial score (nSPS) is 20.6. The summed E-state index contributed by atoms with van der Waals surface area (Å²) in [5, 5.41) is 13.0. The second-order valence-corrected chi connectivity index (χ2v) is 5.91. The van der Waals surface area contributed by atoms with Crippen LogP contribution in [0.15, 0.2) is 24.3 Å². The Morgan fingerprint density at radius 2 is 1.95 bits per heavy atom. The fourth-order valence-electron chi connectivity index (χ4n) is 2.67. The van der Waals surface area contributed by atoms with Crippen LogP contribution in [-0.4, -0.2) is 36.4 Å². The average Bonchev–Trinajstić information content (AvgIpc) is 3.36. The second-order valence-electron chi connectivity index (χ2n) is 5.91. The SMILES string of the molecule is COc1ccccc1OCC(NC1CC1)(C(=O)O)C1CC1. The Labute approximate surface area is 124 Å². The van der Waals surface area contributed by atoms with Gasteiger partial charge in [-0.05, 0) is 43.7 Å². The summed E-state index contributed by atoms with van der Waals surface area (Å²) >= 11 is 0. The van der Waals surface area contributed by atoms with Crippen LogP contribution >= 0.6 is 0 Å². The van der Waals surface area contributed by atoms with Gasteiger partial charge in [0.25, 0.3) is 0 Å². The molecule has 0 bridgehead atoms. The highest BCUT2D eigenvalue weighted by molar-refractivity contribution is 5.80. The highest BCUT2D eigenvalue weighted by atomic mass is 16.5. The van der Waals surface area contributed by atoms with Gasteiger partial charge in [0.1, 0.15) is 6.61 Å². The fourth-order valence-corrected chi connectivity index (χ4v) is 2.67. The topological polar surface area (TPSA) is 67.8 Å². The minimum Gasteiger partial charge on any atom is -0.493 e. The van der Waals surface area contributed by atoms with Crippen molar-refractivity contribution in [2.45, 2.75) is 37.3 Å². The minimum atomic E-state index is -0.970. The zero-order valence-electron chi connectivity index (χ0n) is 12.2. The van der Waals surface area contributed by atoms with Crippen molar-refractivity contribution in [2.75, 3.05) is 13.7 Å². The van der Waals surface area contributed by atoms with Crippen molar-refractivity contribution >= 4 is 5.97 Å². The Kier molecular flexibility index (Phi) is 3.76. The number of ether oxygens (including phenoxy) is 2. The maximum atomic E-state index is 11.9. The number of carboxylic acids is 1. The number of carbonyl (C=O) groups is 1. The standard InChI is InChI=1S/C16H21NO4/c1-20-13-4-2-3-5-14(13)21-10-16(15(18)19,11-6-7-11)17-12-8-9-12/h2-5,11-12,17H,6-10H2,1H3,(H,18,19). The molecule has 2 aliphatic rings. The third-order valence-electron chi connectivity index (χ3n) is 4.22. The number of hydrogen-bond donors (Lipinski definition) is 2. The summed E-state index contributed by atoms with van der Waals surface area (Å²) in [4.78, 5) is 11.9. The van der Waals surface area contributed by atoms with Crippen molar-refractivity contribution in [1.29, 1.82) is 0 Å². The van der Waals surface area contributed by atoms with Gasteiger partial charge < -0.3 is 14.6 Å². The molecule has 3 rings (SSSR count). The molecule has 0 spiro atoms. The molecule has 2 N–H and O–H groups in total. The molecule has 2 saturated carbocycles. The molecule has 1 aromatic rings. The van der Waals surface area contributed by atoms with Crippen LogP contribution in [0.25, 0.3) is 0 Å². The largest absolute Gasteiger partial charge is 0.493 e. The van der Waals surface area contributed by atoms with Gasteiger partial charge in [-0.25, -0.2) is 0 Å². The first-order valence-corrected chi connectivity index (χ1v) is 7.42. The zero-order chi connectivity index (χ0) is 14.9. The van der Waals surface area contributed by atoms with Crippen LogP contribution in [0.5, 0.6) is 11.5 Å². The number of benzene rings is 1. The van der Waals surface area contributed by atoms with E-state index in [9.17, 15) is 9.90 Å². The Balaban J connectivity index is 1.76. The molecule has 114 valence electrons. The number of hydrogen-bond acceptors (Lipinski definition) is 4.